The molecule has 0 bridgehead atoms. The van der Waals surface area contributed by atoms with Crippen molar-refractivity contribution in [1.82, 2.24) is 19.6 Å². The molecule has 2 aromatic heterocycles. The Kier molecular flexibility index (Phi) is 4.60. The highest BCUT2D eigenvalue weighted by Crippen LogP contribution is 2.21. The number of amides is 1. The molecule has 0 fully saturated rings. The third kappa shape index (κ3) is 3.68. The Labute approximate surface area is 164 Å². The van der Waals surface area contributed by atoms with Gasteiger partial charge in [0.1, 0.15) is 5.82 Å². The second-order valence-electron chi connectivity index (χ2n) is 6.01. The molecule has 2 aromatic carbocycles. The predicted octanol–water partition coefficient (Wildman–Crippen LogP) is 4.38. The van der Waals surface area contributed by atoms with Crippen LogP contribution in [-0.4, -0.2) is 25.5 Å². The van der Waals surface area contributed by atoms with Gasteiger partial charge in [0.05, 0.1) is 17.1 Å². The molecule has 2 heterocycles. The highest BCUT2D eigenvalue weighted by Gasteiger charge is 2.13. The van der Waals surface area contributed by atoms with Crippen LogP contribution in [-0.2, 0) is 0 Å². The largest absolute Gasteiger partial charge is 0.306 e. The number of carbonyl (C=O) groups is 1. The van der Waals surface area contributed by atoms with Crippen molar-refractivity contribution in [3.63, 3.8) is 0 Å². The summed E-state index contributed by atoms with van der Waals surface area (Å²) in [7, 11) is 0. The Morgan fingerprint density at radius 1 is 1.04 bits per heavy atom. The van der Waals surface area contributed by atoms with Crippen molar-refractivity contribution in [2.45, 2.75) is 6.92 Å². The Morgan fingerprint density at radius 3 is 2.56 bits per heavy atom. The molecule has 4 rings (SSSR count). The molecule has 0 aliphatic carbocycles. The standard InChI is InChI=1S/C20H16BrN5O/c1-14-12-19(26(24-14)18-5-2-4-16(21)13-18)23-20(27)15-6-8-17(9-7-15)25-11-3-10-22-25/h2-13H,1H3,(H,23,27). The lowest BCUT2D eigenvalue weighted by Gasteiger charge is -2.10. The predicted molar refractivity (Wildman–Crippen MR) is 108 cm³/mol. The van der Waals surface area contributed by atoms with Gasteiger partial charge < -0.3 is 5.32 Å². The third-order valence-corrected chi connectivity index (χ3v) is 4.52. The first-order valence-electron chi connectivity index (χ1n) is 8.34. The monoisotopic (exact) mass is 421 g/mol. The molecule has 6 nitrogen and oxygen atoms in total. The van der Waals surface area contributed by atoms with Crippen molar-refractivity contribution in [1.29, 1.82) is 0 Å². The van der Waals surface area contributed by atoms with Crippen molar-refractivity contribution in [2.75, 3.05) is 5.32 Å². The maximum Gasteiger partial charge on any atom is 0.256 e. The SMILES string of the molecule is Cc1cc(NC(=O)c2ccc(-n3cccn3)cc2)n(-c2cccc(Br)c2)n1. The van der Waals surface area contributed by atoms with E-state index in [4.69, 9.17) is 0 Å². The number of nitrogens with zero attached hydrogens (tertiary/aromatic N) is 4. The molecule has 0 aliphatic rings. The summed E-state index contributed by atoms with van der Waals surface area (Å²) >= 11 is 3.47. The van der Waals surface area contributed by atoms with E-state index < -0.39 is 0 Å². The van der Waals surface area contributed by atoms with Gasteiger partial charge in [-0.3, -0.25) is 4.79 Å². The molecule has 27 heavy (non-hydrogen) atoms. The number of anilines is 1. The minimum Gasteiger partial charge on any atom is -0.306 e. The van der Waals surface area contributed by atoms with Crippen LogP contribution in [0.3, 0.4) is 0 Å². The number of aryl methyl sites for hydroxylation is 1. The fourth-order valence-electron chi connectivity index (χ4n) is 2.77. The first-order chi connectivity index (χ1) is 13.1. The van der Waals surface area contributed by atoms with Crippen LogP contribution in [0.1, 0.15) is 16.1 Å². The molecule has 0 saturated carbocycles. The highest BCUT2D eigenvalue weighted by atomic mass is 79.9. The number of benzene rings is 2. The summed E-state index contributed by atoms with van der Waals surface area (Å²) in [6, 6.07) is 18.7. The van der Waals surface area contributed by atoms with Gasteiger partial charge in [0.15, 0.2) is 0 Å². The molecule has 1 N–H and O–H groups in total. The van der Waals surface area contributed by atoms with Crippen molar-refractivity contribution >= 4 is 27.7 Å². The summed E-state index contributed by atoms with van der Waals surface area (Å²) in [6.45, 7) is 1.89. The average molecular weight is 422 g/mol. The average Bonchev–Trinajstić information content (AvgIpc) is 3.32. The molecule has 4 aromatic rings. The highest BCUT2D eigenvalue weighted by molar-refractivity contribution is 9.10. The van der Waals surface area contributed by atoms with Gasteiger partial charge >= 0.3 is 0 Å². The third-order valence-electron chi connectivity index (χ3n) is 4.02. The number of hydrogen-bond acceptors (Lipinski definition) is 3. The molecule has 0 radical (unpaired) electrons. The molecule has 0 atom stereocenters. The number of halogens is 1. The maximum atomic E-state index is 12.7. The lowest BCUT2D eigenvalue weighted by atomic mass is 10.2. The van der Waals surface area contributed by atoms with E-state index >= 15 is 0 Å². The summed E-state index contributed by atoms with van der Waals surface area (Å²) in [5, 5.41) is 11.6. The zero-order valence-corrected chi connectivity index (χ0v) is 16.1. The van der Waals surface area contributed by atoms with Crippen LogP contribution >= 0.6 is 15.9 Å². The van der Waals surface area contributed by atoms with Crippen molar-refractivity contribution in [3.05, 3.63) is 88.8 Å². The van der Waals surface area contributed by atoms with Gasteiger partial charge in [-0.1, -0.05) is 22.0 Å². The Bertz CT molecular complexity index is 1080. The molecule has 1 amide bonds. The van der Waals surface area contributed by atoms with Crippen LogP contribution in [0.2, 0.25) is 0 Å². The Hall–Kier alpha value is -3.19. The van der Waals surface area contributed by atoms with Crippen LogP contribution in [0.25, 0.3) is 11.4 Å². The minimum absolute atomic E-state index is 0.196. The maximum absolute atomic E-state index is 12.7. The number of rotatable bonds is 4. The molecular weight excluding hydrogens is 406 g/mol. The van der Waals surface area contributed by atoms with Crippen LogP contribution in [0.15, 0.2) is 77.5 Å². The lowest BCUT2D eigenvalue weighted by Crippen LogP contribution is -2.15. The molecule has 7 heteroatoms. The minimum atomic E-state index is -0.196. The summed E-state index contributed by atoms with van der Waals surface area (Å²) in [6.07, 6.45) is 3.57. The van der Waals surface area contributed by atoms with Crippen molar-refractivity contribution in [2.24, 2.45) is 0 Å². The fourth-order valence-corrected chi connectivity index (χ4v) is 3.16. The summed E-state index contributed by atoms with van der Waals surface area (Å²) in [5.41, 5.74) is 3.14. The lowest BCUT2D eigenvalue weighted by molar-refractivity contribution is 0.102. The van der Waals surface area contributed by atoms with E-state index in [1.165, 1.54) is 0 Å². The summed E-state index contributed by atoms with van der Waals surface area (Å²) in [5.74, 6) is 0.421. The van der Waals surface area contributed by atoms with E-state index in [1.807, 2.05) is 61.7 Å². The normalized spacial score (nSPS) is 10.7. The molecule has 0 unspecified atom stereocenters. The van der Waals surface area contributed by atoms with Gasteiger partial charge in [-0.2, -0.15) is 10.2 Å². The molecule has 134 valence electrons. The number of hydrogen-bond donors (Lipinski definition) is 1. The van der Waals surface area contributed by atoms with Crippen LogP contribution < -0.4 is 5.32 Å². The molecule has 0 saturated heterocycles. The van der Waals surface area contributed by atoms with Gasteiger partial charge in [-0.05, 0) is 55.5 Å². The topological polar surface area (TPSA) is 64.7 Å². The van der Waals surface area contributed by atoms with E-state index in [2.05, 4.69) is 31.4 Å². The van der Waals surface area contributed by atoms with E-state index in [0.717, 1.165) is 21.5 Å². The van der Waals surface area contributed by atoms with Crippen LogP contribution in [0, 0.1) is 6.92 Å². The van der Waals surface area contributed by atoms with Gasteiger partial charge in [0.2, 0.25) is 0 Å². The van der Waals surface area contributed by atoms with Gasteiger partial charge in [0, 0.05) is 28.5 Å². The second kappa shape index (κ2) is 7.20. The van der Waals surface area contributed by atoms with E-state index in [0.29, 0.717) is 11.4 Å². The zero-order chi connectivity index (χ0) is 18.8. The van der Waals surface area contributed by atoms with E-state index in [-0.39, 0.29) is 5.91 Å². The van der Waals surface area contributed by atoms with Gasteiger partial charge in [-0.15, -0.1) is 0 Å². The Balaban J connectivity index is 1.58. The van der Waals surface area contributed by atoms with E-state index in [9.17, 15) is 4.79 Å². The first kappa shape index (κ1) is 17.2. The van der Waals surface area contributed by atoms with Crippen molar-refractivity contribution < 1.29 is 4.79 Å². The number of aromatic nitrogens is 4. The van der Waals surface area contributed by atoms with Gasteiger partial charge in [-0.25, -0.2) is 9.36 Å². The van der Waals surface area contributed by atoms with Gasteiger partial charge in [0.25, 0.3) is 5.91 Å². The van der Waals surface area contributed by atoms with E-state index in [1.54, 1.807) is 27.7 Å². The summed E-state index contributed by atoms with van der Waals surface area (Å²) < 4.78 is 4.41. The summed E-state index contributed by atoms with van der Waals surface area (Å²) in [4.78, 5) is 12.7. The van der Waals surface area contributed by atoms with Crippen molar-refractivity contribution in [3.8, 4) is 11.4 Å². The molecule has 0 spiro atoms. The number of carbonyl (C=O) groups excluding carboxylic acids is 1. The fraction of sp³-hybridized carbons (Fsp3) is 0.0500. The zero-order valence-electron chi connectivity index (χ0n) is 14.5. The second-order valence-corrected chi connectivity index (χ2v) is 6.93. The molecule has 0 aliphatic heterocycles. The number of nitrogens with one attached hydrogen (secondary N) is 1. The Morgan fingerprint density at radius 2 is 1.85 bits per heavy atom. The van der Waals surface area contributed by atoms with Crippen LogP contribution in [0.4, 0.5) is 5.82 Å². The quantitative estimate of drug-likeness (QED) is 0.531. The molecular formula is C20H16BrN5O. The van der Waals surface area contributed by atoms with Crippen LogP contribution in [0.5, 0.6) is 0 Å². The first-order valence-corrected chi connectivity index (χ1v) is 9.13. The smallest absolute Gasteiger partial charge is 0.256 e.